The van der Waals surface area contributed by atoms with Gasteiger partial charge in [0.1, 0.15) is 11.6 Å². The SMILES string of the molecule is c1ccc(-c2cc(-c3ccc(-c4cc(-n5c6ccccc6c6cc7ccccc7cc65)nc(-n5c6ccccc6c6cc7ccccc7cc65)c4)cc3)nc(-c3ccccc3)n2)cc1. The van der Waals surface area contributed by atoms with Gasteiger partial charge in [-0.1, -0.05) is 170 Å². The van der Waals surface area contributed by atoms with E-state index in [1.54, 1.807) is 0 Å². The number of pyridine rings is 1. The molecule has 0 saturated carbocycles. The van der Waals surface area contributed by atoms with E-state index in [4.69, 9.17) is 15.0 Å². The molecule has 0 radical (unpaired) electrons. The van der Waals surface area contributed by atoms with E-state index in [1.807, 2.05) is 24.3 Å². The van der Waals surface area contributed by atoms with Gasteiger partial charge in [0.15, 0.2) is 5.82 Å². The lowest BCUT2D eigenvalue weighted by Crippen LogP contribution is -2.04. The first kappa shape index (κ1) is 36.0. The van der Waals surface area contributed by atoms with E-state index in [9.17, 15) is 0 Å². The molecule has 4 aromatic heterocycles. The number of benzene rings is 9. The first-order valence-electron chi connectivity index (χ1n) is 21.7. The highest BCUT2D eigenvalue weighted by molar-refractivity contribution is 6.15. The highest BCUT2D eigenvalue weighted by Gasteiger charge is 2.20. The van der Waals surface area contributed by atoms with Gasteiger partial charge in [-0.05, 0) is 87.3 Å². The van der Waals surface area contributed by atoms with Gasteiger partial charge in [0.25, 0.3) is 0 Å². The minimum atomic E-state index is 0.697. The fraction of sp³-hybridized carbons (Fsp3) is 0. The maximum absolute atomic E-state index is 5.66. The molecule has 0 spiro atoms. The number of hydrogen-bond donors (Lipinski definition) is 0. The molecule has 13 aromatic rings. The summed E-state index contributed by atoms with van der Waals surface area (Å²) in [6.07, 6.45) is 0. The van der Waals surface area contributed by atoms with Gasteiger partial charge in [-0.3, -0.25) is 9.13 Å². The zero-order valence-electron chi connectivity index (χ0n) is 34.6. The maximum Gasteiger partial charge on any atom is 0.160 e. The highest BCUT2D eigenvalue weighted by Crippen LogP contribution is 2.39. The summed E-state index contributed by atoms with van der Waals surface area (Å²) in [5, 5.41) is 9.60. The summed E-state index contributed by atoms with van der Waals surface area (Å²) in [7, 11) is 0. The molecule has 0 atom stereocenters. The van der Waals surface area contributed by atoms with Crippen LogP contribution in [0.3, 0.4) is 0 Å². The molecule has 0 aliphatic carbocycles. The third kappa shape index (κ3) is 5.90. The first-order valence-corrected chi connectivity index (χ1v) is 21.7. The molecule has 0 aliphatic rings. The summed E-state index contributed by atoms with van der Waals surface area (Å²) in [5.74, 6) is 2.39. The van der Waals surface area contributed by atoms with Crippen molar-refractivity contribution in [3.8, 4) is 56.7 Å². The van der Waals surface area contributed by atoms with Crippen molar-refractivity contribution in [2.75, 3.05) is 0 Å². The smallest absolute Gasteiger partial charge is 0.160 e. The van der Waals surface area contributed by atoms with Crippen LogP contribution in [0.25, 0.3) is 122 Å². The van der Waals surface area contributed by atoms with Gasteiger partial charge in [-0.25, -0.2) is 15.0 Å². The van der Waals surface area contributed by atoms with Gasteiger partial charge in [-0.15, -0.1) is 0 Å². The minimum Gasteiger partial charge on any atom is -0.294 e. The topological polar surface area (TPSA) is 48.5 Å². The largest absolute Gasteiger partial charge is 0.294 e. The van der Waals surface area contributed by atoms with Crippen LogP contribution in [-0.4, -0.2) is 24.1 Å². The third-order valence-electron chi connectivity index (χ3n) is 12.7. The molecule has 0 saturated heterocycles. The Morgan fingerprint density at radius 1 is 0.250 bits per heavy atom. The van der Waals surface area contributed by atoms with Crippen LogP contribution >= 0.6 is 0 Å². The molecule has 0 bridgehead atoms. The Labute approximate surface area is 368 Å². The van der Waals surface area contributed by atoms with Crippen molar-refractivity contribution in [1.82, 2.24) is 24.1 Å². The van der Waals surface area contributed by atoms with Gasteiger partial charge in [0.05, 0.1) is 33.5 Å². The molecule has 9 aromatic carbocycles. The van der Waals surface area contributed by atoms with Crippen LogP contribution in [0, 0.1) is 0 Å². The van der Waals surface area contributed by atoms with Crippen molar-refractivity contribution in [2.24, 2.45) is 0 Å². The van der Waals surface area contributed by atoms with Crippen molar-refractivity contribution in [3.05, 3.63) is 224 Å². The van der Waals surface area contributed by atoms with Gasteiger partial charge in [0, 0.05) is 38.2 Å². The number of nitrogens with zero attached hydrogens (tertiary/aromatic N) is 5. The summed E-state index contributed by atoms with van der Waals surface area (Å²) in [4.78, 5) is 15.8. The molecule has 0 unspecified atom stereocenters. The molecular formula is C59H37N5. The lowest BCUT2D eigenvalue weighted by atomic mass is 10.0. The van der Waals surface area contributed by atoms with Crippen molar-refractivity contribution < 1.29 is 0 Å². The van der Waals surface area contributed by atoms with Gasteiger partial charge in [0.2, 0.25) is 0 Å². The molecule has 5 nitrogen and oxygen atoms in total. The van der Waals surface area contributed by atoms with Crippen LogP contribution < -0.4 is 0 Å². The quantitative estimate of drug-likeness (QED) is 0.168. The number of hydrogen-bond acceptors (Lipinski definition) is 3. The summed E-state index contributed by atoms with van der Waals surface area (Å²) in [6.45, 7) is 0. The number of aromatic nitrogens is 5. The lowest BCUT2D eigenvalue weighted by Gasteiger charge is -2.15. The zero-order valence-corrected chi connectivity index (χ0v) is 34.6. The standard InChI is InChI=1S/C59H37N5/c1-3-15-39(16-4-1)51-37-52(61-59(60-51)41-17-5-2-6-18-41)40-29-27-38(28-30-40)46-35-57(63-53-25-13-11-23-47(53)49-31-42-19-7-9-21-44(42)33-55(49)63)62-58(36-46)64-54-26-14-12-24-48(54)50-32-43-20-8-10-22-45(43)34-56(50)64/h1-37H. The summed E-state index contributed by atoms with van der Waals surface area (Å²) < 4.78 is 4.69. The van der Waals surface area contributed by atoms with Crippen LogP contribution in [0.2, 0.25) is 0 Å². The minimum absolute atomic E-state index is 0.697. The molecule has 0 amide bonds. The second-order valence-electron chi connectivity index (χ2n) is 16.5. The molecule has 64 heavy (non-hydrogen) atoms. The predicted molar refractivity (Wildman–Crippen MR) is 265 cm³/mol. The van der Waals surface area contributed by atoms with Crippen LogP contribution in [0.1, 0.15) is 0 Å². The zero-order chi connectivity index (χ0) is 42.1. The average Bonchev–Trinajstić information content (AvgIpc) is 3.86. The first-order chi connectivity index (χ1) is 31.7. The van der Waals surface area contributed by atoms with Crippen molar-refractivity contribution in [1.29, 1.82) is 0 Å². The molecule has 5 heteroatoms. The van der Waals surface area contributed by atoms with E-state index in [0.29, 0.717) is 5.82 Å². The third-order valence-corrected chi connectivity index (χ3v) is 12.7. The Bertz CT molecular complexity index is 3710. The summed E-state index contributed by atoms with van der Waals surface area (Å²) in [6, 6.07) is 79.8. The Hall–Kier alpha value is -8.67. The van der Waals surface area contributed by atoms with Gasteiger partial charge in [-0.2, -0.15) is 0 Å². The molecule has 298 valence electrons. The Balaban J connectivity index is 1.04. The molecule has 0 fully saturated rings. The van der Waals surface area contributed by atoms with Crippen molar-refractivity contribution in [2.45, 2.75) is 0 Å². The maximum atomic E-state index is 5.66. The van der Waals surface area contributed by atoms with E-state index in [1.165, 1.54) is 43.1 Å². The average molecular weight is 816 g/mol. The van der Waals surface area contributed by atoms with E-state index >= 15 is 0 Å². The predicted octanol–water partition coefficient (Wildman–Crippen LogP) is 15.0. The second-order valence-corrected chi connectivity index (χ2v) is 16.5. The second kappa shape index (κ2) is 14.5. The normalized spacial score (nSPS) is 11.8. The molecular weight excluding hydrogens is 779 g/mol. The van der Waals surface area contributed by atoms with Crippen LogP contribution in [0.5, 0.6) is 0 Å². The van der Waals surface area contributed by atoms with E-state index in [-0.39, 0.29) is 0 Å². The molecule has 0 aliphatic heterocycles. The van der Waals surface area contributed by atoms with Gasteiger partial charge < -0.3 is 0 Å². The van der Waals surface area contributed by atoms with Crippen LogP contribution in [0.15, 0.2) is 224 Å². The fourth-order valence-corrected chi connectivity index (χ4v) is 9.60. The summed E-state index contributed by atoms with van der Waals surface area (Å²) >= 11 is 0. The monoisotopic (exact) mass is 815 g/mol. The lowest BCUT2D eigenvalue weighted by molar-refractivity contribution is 1.02. The van der Waals surface area contributed by atoms with Crippen LogP contribution in [-0.2, 0) is 0 Å². The Morgan fingerprint density at radius 2 is 0.656 bits per heavy atom. The van der Waals surface area contributed by atoms with E-state index < -0.39 is 0 Å². The van der Waals surface area contributed by atoms with E-state index in [2.05, 4.69) is 209 Å². The van der Waals surface area contributed by atoms with Crippen LogP contribution in [0.4, 0.5) is 0 Å². The number of fused-ring (bicyclic) bond motifs is 8. The van der Waals surface area contributed by atoms with Gasteiger partial charge >= 0.3 is 0 Å². The fourth-order valence-electron chi connectivity index (χ4n) is 9.60. The molecule has 0 N–H and O–H groups in total. The van der Waals surface area contributed by atoms with Crippen molar-refractivity contribution >= 4 is 65.2 Å². The molecule has 4 heterocycles. The molecule has 13 rings (SSSR count). The Kier molecular flexibility index (Phi) is 8.15. The van der Waals surface area contributed by atoms with Crippen molar-refractivity contribution in [3.63, 3.8) is 0 Å². The van der Waals surface area contributed by atoms with E-state index in [0.717, 1.165) is 72.9 Å². The summed E-state index contributed by atoms with van der Waals surface area (Å²) in [5.41, 5.74) is 11.4. The highest BCUT2D eigenvalue weighted by atomic mass is 15.1. The number of para-hydroxylation sites is 2. The number of rotatable bonds is 6. The Morgan fingerprint density at radius 3 is 1.17 bits per heavy atom.